The Hall–Kier alpha value is -2.09. The van der Waals surface area contributed by atoms with E-state index in [1.54, 1.807) is 6.92 Å². The monoisotopic (exact) mass is 340 g/mol. The van der Waals surface area contributed by atoms with Crippen LogP contribution in [0.25, 0.3) is 0 Å². The van der Waals surface area contributed by atoms with Crippen molar-refractivity contribution in [3.63, 3.8) is 0 Å². The lowest BCUT2D eigenvalue weighted by Crippen LogP contribution is -2.40. The van der Waals surface area contributed by atoms with Crippen LogP contribution >= 0.6 is 0 Å². The minimum Gasteiger partial charge on any atom is -0.480 e. The maximum Gasteiger partial charge on any atom is 0.326 e. The number of likely N-dealkylation sites (tertiary alicyclic amines) is 1. The Bertz CT molecular complexity index is 684. The number of nitrogens with one attached hydrogen (secondary N) is 1. The van der Waals surface area contributed by atoms with Gasteiger partial charge >= 0.3 is 5.97 Å². The fraction of sp³-hybridized carbons (Fsp3) is 0.467. The molecule has 1 aromatic carbocycles. The van der Waals surface area contributed by atoms with Gasteiger partial charge in [-0.2, -0.15) is 0 Å². The van der Waals surface area contributed by atoms with Crippen LogP contribution in [0.5, 0.6) is 0 Å². The number of benzene rings is 1. The standard InChI is InChI=1S/C15H20N2O5S/c1-2-10-23(21,22)16-12-7-5-11(6-8-12)14(18)17-9-3-4-13(17)15(19)20/h5-8,13,16H,2-4,9-10H2,1H3,(H,19,20)/t13-/m0/s1. The largest absolute Gasteiger partial charge is 0.480 e. The van der Waals surface area contributed by atoms with Crippen molar-refractivity contribution in [2.75, 3.05) is 17.0 Å². The fourth-order valence-electron chi connectivity index (χ4n) is 2.61. The highest BCUT2D eigenvalue weighted by Gasteiger charge is 2.34. The van der Waals surface area contributed by atoms with Crippen LogP contribution in [-0.4, -0.2) is 48.6 Å². The van der Waals surface area contributed by atoms with Gasteiger partial charge in [0.2, 0.25) is 10.0 Å². The highest BCUT2D eigenvalue weighted by atomic mass is 32.2. The molecule has 1 aliphatic rings. The smallest absolute Gasteiger partial charge is 0.326 e. The Kier molecular flexibility index (Phi) is 5.25. The minimum atomic E-state index is -3.38. The summed E-state index contributed by atoms with van der Waals surface area (Å²) in [6, 6.07) is 5.23. The van der Waals surface area contributed by atoms with Crippen LogP contribution in [0.15, 0.2) is 24.3 Å². The molecular weight excluding hydrogens is 320 g/mol. The number of hydrogen-bond acceptors (Lipinski definition) is 4. The van der Waals surface area contributed by atoms with Crippen LogP contribution in [0.3, 0.4) is 0 Å². The third-order valence-electron chi connectivity index (χ3n) is 3.68. The first-order valence-electron chi connectivity index (χ1n) is 7.48. The average Bonchev–Trinajstić information content (AvgIpc) is 2.96. The first-order valence-corrected chi connectivity index (χ1v) is 9.13. The van der Waals surface area contributed by atoms with Gasteiger partial charge in [0.1, 0.15) is 6.04 Å². The number of rotatable bonds is 6. The summed E-state index contributed by atoms with van der Waals surface area (Å²) in [5.74, 6) is -1.32. The van der Waals surface area contributed by atoms with Crippen LogP contribution in [-0.2, 0) is 14.8 Å². The maximum absolute atomic E-state index is 12.4. The molecule has 0 saturated carbocycles. The Morgan fingerprint density at radius 3 is 2.52 bits per heavy atom. The van der Waals surface area contributed by atoms with Crippen LogP contribution < -0.4 is 4.72 Å². The number of carbonyl (C=O) groups is 2. The quantitative estimate of drug-likeness (QED) is 0.817. The molecule has 1 amide bonds. The third-order valence-corrected chi connectivity index (χ3v) is 5.17. The highest BCUT2D eigenvalue weighted by molar-refractivity contribution is 7.92. The molecule has 1 aromatic rings. The summed E-state index contributed by atoms with van der Waals surface area (Å²) in [6.07, 6.45) is 1.63. The number of amides is 1. The SMILES string of the molecule is CCCS(=O)(=O)Nc1ccc(C(=O)N2CCC[C@H]2C(=O)O)cc1. The number of aliphatic carboxylic acids is 1. The Morgan fingerprint density at radius 2 is 1.96 bits per heavy atom. The van der Waals surface area contributed by atoms with Gasteiger partial charge in [0.25, 0.3) is 5.91 Å². The zero-order chi connectivity index (χ0) is 17.0. The van der Waals surface area contributed by atoms with E-state index in [0.717, 1.165) is 0 Å². The molecule has 2 rings (SSSR count). The molecule has 1 heterocycles. The van der Waals surface area contributed by atoms with E-state index in [2.05, 4.69) is 4.72 Å². The number of carboxylic acid groups (broad SMARTS) is 1. The zero-order valence-corrected chi connectivity index (χ0v) is 13.7. The van der Waals surface area contributed by atoms with Gasteiger partial charge in [-0.3, -0.25) is 9.52 Å². The van der Waals surface area contributed by atoms with Crippen molar-refractivity contribution in [3.05, 3.63) is 29.8 Å². The molecule has 7 nitrogen and oxygen atoms in total. The molecule has 23 heavy (non-hydrogen) atoms. The van der Waals surface area contributed by atoms with E-state index in [0.29, 0.717) is 37.1 Å². The molecule has 0 spiro atoms. The fourth-order valence-corrected chi connectivity index (χ4v) is 3.75. The van der Waals surface area contributed by atoms with Crippen molar-refractivity contribution in [1.29, 1.82) is 0 Å². The summed E-state index contributed by atoms with van der Waals surface area (Å²) in [5, 5.41) is 9.13. The van der Waals surface area contributed by atoms with Crippen molar-refractivity contribution < 1.29 is 23.1 Å². The van der Waals surface area contributed by atoms with Crippen molar-refractivity contribution in [2.45, 2.75) is 32.2 Å². The summed E-state index contributed by atoms with van der Waals surface area (Å²) in [7, 11) is -3.38. The van der Waals surface area contributed by atoms with Gasteiger partial charge in [-0.25, -0.2) is 13.2 Å². The van der Waals surface area contributed by atoms with E-state index < -0.39 is 22.0 Å². The predicted octanol–water partition coefficient (Wildman–Crippen LogP) is 1.53. The molecule has 0 aliphatic carbocycles. The van der Waals surface area contributed by atoms with Gasteiger partial charge in [0.15, 0.2) is 0 Å². The van der Waals surface area contributed by atoms with E-state index in [9.17, 15) is 18.0 Å². The van der Waals surface area contributed by atoms with Crippen molar-refractivity contribution in [2.24, 2.45) is 0 Å². The van der Waals surface area contributed by atoms with E-state index in [1.165, 1.54) is 29.2 Å². The van der Waals surface area contributed by atoms with Gasteiger partial charge in [0, 0.05) is 17.8 Å². The molecule has 2 N–H and O–H groups in total. The second-order valence-electron chi connectivity index (χ2n) is 5.49. The number of carboxylic acids is 1. The van der Waals surface area contributed by atoms with Gasteiger partial charge in [-0.1, -0.05) is 6.92 Å². The molecule has 0 bridgehead atoms. The lowest BCUT2D eigenvalue weighted by atomic mass is 10.1. The van der Waals surface area contributed by atoms with E-state index in [-0.39, 0.29) is 11.7 Å². The summed E-state index contributed by atoms with van der Waals surface area (Å²) >= 11 is 0. The van der Waals surface area contributed by atoms with Crippen LogP contribution in [0.1, 0.15) is 36.5 Å². The summed E-state index contributed by atoms with van der Waals surface area (Å²) in [4.78, 5) is 24.9. The second kappa shape index (κ2) is 6.99. The van der Waals surface area contributed by atoms with E-state index in [4.69, 9.17) is 5.11 Å². The normalized spacial score (nSPS) is 18.0. The van der Waals surface area contributed by atoms with Crippen molar-refractivity contribution in [1.82, 2.24) is 4.90 Å². The Balaban J connectivity index is 2.10. The number of carbonyl (C=O) groups excluding carboxylic acids is 1. The number of anilines is 1. The molecule has 0 unspecified atom stereocenters. The van der Waals surface area contributed by atoms with Gasteiger partial charge < -0.3 is 10.0 Å². The lowest BCUT2D eigenvalue weighted by molar-refractivity contribution is -0.141. The van der Waals surface area contributed by atoms with Crippen molar-refractivity contribution in [3.8, 4) is 0 Å². The topological polar surface area (TPSA) is 104 Å². The Labute approximate surface area is 135 Å². The molecule has 1 aliphatic heterocycles. The van der Waals surface area contributed by atoms with Crippen LogP contribution in [0, 0.1) is 0 Å². The average molecular weight is 340 g/mol. The van der Waals surface area contributed by atoms with E-state index in [1.807, 2.05) is 0 Å². The van der Waals surface area contributed by atoms with Gasteiger partial charge in [0.05, 0.1) is 5.75 Å². The molecule has 8 heteroatoms. The van der Waals surface area contributed by atoms with Crippen molar-refractivity contribution >= 4 is 27.6 Å². The lowest BCUT2D eigenvalue weighted by Gasteiger charge is -2.21. The third kappa shape index (κ3) is 4.22. The van der Waals surface area contributed by atoms with Gasteiger partial charge in [-0.05, 0) is 43.5 Å². The zero-order valence-electron chi connectivity index (χ0n) is 12.9. The summed E-state index contributed by atoms with van der Waals surface area (Å²) < 4.78 is 25.8. The Morgan fingerprint density at radius 1 is 1.30 bits per heavy atom. The number of sulfonamides is 1. The molecule has 1 saturated heterocycles. The summed E-state index contributed by atoms with van der Waals surface area (Å²) in [5.41, 5.74) is 0.725. The molecule has 0 aromatic heterocycles. The maximum atomic E-state index is 12.4. The molecule has 1 fully saturated rings. The van der Waals surface area contributed by atoms with E-state index >= 15 is 0 Å². The molecular formula is C15H20N2O5S. The summed E-state index contributed by atoms with van der Waals surface area (Å²) in [6.45, 7) is 2.19. The molecule has 0 radical (unpaired) electrons. The molecule has 126 valence electrons. The highest BCUT2D eigenvalue weighted by Crippen LogP contribution is 2.21. The first-order chi connectivity index (χ1) is 10.8. The second-order valence-corrected chi connectivity index (χ2v) is 7.33. The van der Waals surface area contributed by atoms with Crippen LogP contribution in [0.2, 0.25) is 0 Å². The number of nitrogens with zero attached hydrogens (tertiary/aromatic N) is 1. The number of hydrogen-bond donors (Lipinski definition) is 2. The van der Waals surface area contributed by atoms with Crippen LogP contribution in [0.4, 0.5) is 5.69 Å². The predicted molar refractivity (Wildman–Crippen MR) is 85.8 cm³/mol. The minimum absolute atomic E-state index is 0.0295. The van der Waals surface area contributed by atoms with Gasteiger partial charge in [-0.15, -0.1) is 0 Å². The molecule has 1 atom stereocenters. The first kappa shape index (κ1) is 17.3.